The van der Waals surface area contributed by atoms with E-state index in [9.17, 15) is 0 Å². The van der Waals surface area contributed by atoms with Crippen molar-refractivity contribution in [2.75, 3.05) is 12.3 Å². The lowest BCUT2D eigenvalue weighted by Crippen LogP contribution is -2.04. The second-order valence-electron chi connectivity index (χ2n) is 3.55. The molecule has 0 unspecified atom stereocenters. The summed E-state index contributed by atoms with van der Waals surface area (Å²) in [6.45, 7) is 1.51. The Balaban J connectivity index is 1.69. The number of rotatable bonds is 5. The Morgan fingerprint density at radius 3 is 2.75 bits per heavy atom. The summed E-state index contributed by atoms with van der Waals surface area (Å²) in [5, 5.41) is 4.10. The minimum absolute atomic E-state index is 0.684. The Morgan fingerprint density at radius 1 is 1.25 bits per heavy atom. The smallest absolute Gasteiger partial charge is 0.119 e. The molecule has 0 aliphatic heterocycles. The van der Waals surface area contributed by atoms with Crippen LogP contribution in [0.4, 0.5) is 5.69 Å². The van der Waals surface area contributed by atoms with E-state index in [1.165, 1.54) is 0 Å². The maximum absolute atomic E-state index is 5.56. The lowest BCUT2D eigenvalue weighted by molar-refractivity contribution is 0.298. The van der Waals surface area contributed by atoms with Gasteiger partial charge in [-0.2, -0.15) is 5.10 Å². The molecule has 4 nitrogen and oxygen atoms in total. The number of ether oxygens (including phenoxy) is 1. The zero-order valence-corrected chi connectivity index (χ0v) is 9.04. The van der Waals surface area contributed by atoms with E-state index >= 15 is 0 Å². The highest BCUT2D eigenvalue weighted by Gasteiger charge is 1.95. The van der Waals surface area contributed by atoms with Gasteiger partial charge in [0.1, 0.15) is 5.75 Å². The molecule has 0 aliphatic rings. The molecule has 2 rings (SSSR count). The number of nitrogens with zero attached hydrogens (tertiary/aromatic N) is 2. The second kappa shape index (κ2) is 5.21. The van der Waals surface area contributed by atoms with Gasteiger partial charge >= 0.3 is 0 Å². The first kappa shape index (κ1) is 10.5. The van der Waals surface area contributed by atoms with E-state index in [1.807, 2.05) is 41.2 Å². The molecule has 0 fully saturated rings. The number of para-hydroxylation sites is 1. The minimum Gasteiger partial charge on any atom is -0.494 e. The van der Waals surface area contributed by atoms with Gasteiger partial charge in [-0.05, 0) is 12.1 Å². The van der Waals surface area contributed by atoms with Gasteiger partial charge in [-0.15, -0.1) is 0 Å². The van der Waals surface area contributed by atoms with E-state index in [2.05, 4.69) is 5.10 Å². The third kappa shape index (κ3) is 3.02. The number of benzene rings is 1. The van der Waals surface area contributed by atoms with Crippen LogP contribution in [-0.2, 0) is 6.54 Å². The molecule has 84 valence electrons. The quantitative estimate of drug-likeness (QED) is 0.779. The molecule has 4 heteroatoms. The zero-order valence-electron chi connectivity index (χ0n) is 9.04. The third-order valence-electron chi connectivity index (χ3n) is 2.20. The van der Waals surface area contributed by atoms with E-state index < -0.39 is 0 Å². The molecular weight excluding hydrogens is 202 g/mol. The SMILES string of the molecule is Nc1cnn(CCCOc2ccccc2)c1. The fraction of sp³-hybridized carbons (Fsp3) is 0.250. The predicted molar refractivity (Wildman–Crippen MR) is 63.2 cm³/mol. The average molecular weight is 217 g/mol. The Labute approximate surface area is 94.6 Å². The van der Waals surface area contributed by atoms with Crippen LogP contribution in [0, 0.1) is 0 Å². The van der Waals surface area contributed by atoms with Crippen LogP contribution < -0.4 is 10.5 Å². The minimum atomic E-state index is 0.684. The summed E-state index contributed by atoms with van der Waals surface area (Å²) in [4.78, 5) is 0. The lowest BCUT2D eigenvalue weighted by atomic mass is 10.3. The summed E-state index contributed by atoms with van der Waals surface area (Å²) in [5.74, 6) is 0.905. The van der Waals surface area contributed by atoms with Crippen molar-refractivity contribution in [1.29, 1.82) is 0 Å². The number of nitrogen functional groups attached to an aromatic ring is 1. The van der Waals surface area contributed by atoms with Crippen molar-refractivity contribution < 1.29 is 4.74 Å². The van der Waals surface area contributed by atoms with E-state index in [0.717, 1.165) is 18.7 Å². The molecule has 1 aromatic carbocycles. The van der Waals surface area contributed by atoms with Gasteiger partial charge in [0, 0.05) is 19.2 Å². The largest absolute Gasteiger partial charge is 0.494 e. The molecule has 0 spiro atoms. The van der Waals surface area contributed by atoms with E-state index in [-0.39, 0.29) is 0 Å². The van der Waals surface area contributed by atoms with Crippen molar-refractivity contribution in [3.05, 3.63) is 42.7 Å². The average Bonchev–Trinajstić information content (AvgIpc) is 2.72. The Kier molecular flexibility index (Phi) is 3.43. The van der Waals surface area contributed by atoms with Crippen LogP contribution in [0.1, 0.15) is 6.42 Å². The van der Waals surface area contributed by atoms with E-state index in [4.69, 9.17) is 10.5 Å². The Bertz CT molecular complexity index is 425. The summed E-state index contributed by atoms with van der Waals surface area (Å²) in [6, 6.07) is 9.80. The molecule has 0 amide bonds. The highest BCUT2D eigenvalue weighted by Crippen LogP contribution is 2.08. The van der Waals surface area contributed by atoms with Gasteiger partial charge in [0.15, 0.2) is 0 Å². The molecule has 0 saturated heterocycles. The molecule has 0 saturated carbocycles. The van der Waals surface area contributed by atoms with Crippen LogP contribution in [0.15, 0.2) is 42.7 Å². The molecular formula is C12H15N3O. The van der Waals surface area contributed by atoms with Gasteiger partial charge in [-0.25, -0.2) is 0 Å². The fourth-order valence-corrected chi connectivity index (χ4v) is 1.44. The normalized spacial score (nSPS) is 10.2. The summed E-state index contributed by atoms with van der Waals surface area (Å²) >= 11 is 0. The number of anilines is 1. The molecule has 0 bridgehead atoms. The van der Waals surface area contributed by atoms with Gasteiger partial charge in [-0.3, -0.25) is 4.68 Å². The van der Waals surface area contributed by atoms with Crippen molar-refractivity contribution >= 4 is 5.69 Å². The second-order valence-corrected chi connectivity index (χ2v) is 3.55. The molecule has 2 N–H and O–H groups in total. The van der Waals surface area contributed by atoms with Crippen LogP contribution in [-0.4, -0.2) is 16.4 Å². The first-order chi connectivity index (χ1) is 7.84. The van der Waals surface area contributed by atoms with Crippen molar-refractivity contribution in [2.45, 2.75) is 13.0 Å². The van der Waals surface area contributed by atoms with Gasteiger partial charge in [0.25, 0.3) is 0 Å². The molecule has 0 aliphatic carbocycles. The monoisotopic (exact) mass is 217 g/mol. The maximum Gasteiger partial charge on any atom is 0.119 e. The molecule has 1 heterocycles. The van der Waals surface area contributed by atoms with Crippen molar-refractivity contribution in [3.8, 4) is 5.75 Å². The number of hydrogen-bond acceptors (Lipinski definition) is 3. The maximum atomic E-state index is 5.56. The first-order valence-electron chi connectivity index (χ1n) is 5.30. The number of aryl methyl sites for hydroxylation is 1. The molecule has 2 aromatic rings. The van der Waals surface area contributed by atoms with Crippen LogP contribution in [0.5, 0.6) is 5.75 Å². The molecule has 16 heavy (non-hydrogen) atoms. The third-order valence-corrected chi connectivity index (χ3v) is 2.20. The molecule has 0 atom stereocenters. The van der Waals surface area contributed by atoms with Gasteiger partial charge in [0.2, 0.25) is 0 Å². The van der Waals surface area contributed by atoms with E-state index in [1.54, 1.807) is 6.20 Å². The van der Waals surface area contributed by atoms with Crippen LogP contribution in [0.25, 0.3) is 0 Å². The standard InChI is InChI=1S/C12H15N3O/c13-11-9-14-15(10-11)7-4-8-16-12-5-2-1-3-6-12/h1-3,5-6,9-10H,4,7-8,13H2. The Hall–Kier alpha value is -1.97. The van der Waals surface area contributed by atoms with Crippen LogP contribution in [0.3, 0.4) is 0 Å². The van der Waals surface area contributed by atoms with Gasteiger partial charge in [0.05, 0.1) is 18.5 Å². The number of hydrogen-bond donors (Lipinski definition) is 1. The van der Waals surface area contributed by atoms with Gasteiger partial charge < -0.3 is 10.5 Å². The van der Waals surface area contributed by atoms with Crippen molar-refractivity contribution in [2.24, 2.45) is 0 Å². The summed E-state index contributed by atoms with van der Waals surface area (Å²) in [5.41, 5.74) is 6.26. The highest BCUT2D eigenvalue weighted by atomic mass is 16.5. The number of aromatic nitrogens is 2. The first-order valence-corrected chi connectivity index (χ1v) is 5.30. The summed E-state index contributed by atoms with van der Waals surface area (Å²) in [6.07, 6.45) is 4.39. The van der Waals surface area contributed by atoms with Crippen molar-refractivity contribution in [1.82, 2.24) is 9.78 Å². The lowest BCUT2D eigenvalue weighted by Gasteiger charge is -2.05. The van der Waals surface area contributed by atoms with E-state index in [0.29, 0.717) is 12.3 Å². The van der Waals surface area contributed by atoms with Crippen molar-refractivity contribution in [3.63, 3.8) is 0 Å². The summed E-state index contributed by atoms with van der Waals surface area (Å²) < 4.78 is 7.39. The molecule has 1 aromatic heterocycles. The van der Waals surface area contributed by atoms with Crippen LogP contribution in [0.2, 0.25) is 0 Å². The Morgan fingerprint density at radius 2 is 2.06 bits per heavy atom. The number of nitrogens with two attached hydrogens (primary N) is 1. The summed E-state index contributed by atoms with van der Waals surface area (Å²) in [7, 11) is 0. The van der Waals surface area contributed by atoms with Gasteiger partial charge in [-0.1, -0.05) is 18.2 Å². The fourth-order valence-electron chi connectivity index (χ4n) is 1.44. The topological polar surface area (TPSA) is 53.1 Å². The zero-order chi connectivity index (χ0) is 11.2. The highest BCUT2D eigenvalue weighted by molar-refractivity contribution is 5.30. The predicted octanol–water partition coefficient (Wildman–Crippen LogP) is 1.93. The van der Waals surface area contributed by atoms with Crippen LogP contribution >= 0.6 is 0 Å². The molecule has 0 radical (unpaired) electrons.